The molecule has 0 radical (unpaired) electrons. The molecule has 150 valence electrons. The summed E-state index contributed by atoms with van der Waals surface area (Å²) in [5, 5.41) is 14.0. The van der Waals surface area contributed by atoms with Crippen LogP contribution < -0.4 is 10.1 Å². The van der Waals surface area contributed by atoms with E-state index < -0.39 is 0 Å². The van der Waals surface area contributed by atoms with Crippen LogP contribution in [0.2, 0.25) is 0 Å². The molecule has 0 saturated carbocycles. The number of aromatic nitrogens is 4. The molecule has 4 aromatic rings. The largest absolute Gasteiger partial charge is 0.497 e. The number of nitrogens with zero attached hydrogens (tertiary/aromatic N) is 4. The first kappa shape index (κ1) is 19.7. The molecule has 0 bridgehead atoms. The van der Waals surface area contributed by atoms with Crippen LogP contribution in [0.3, 0.4) is 0 Å². The van der Waals surface area contributed by atoms with E-state index in [4.69, 9.17) is 4.74 Å². The second-order valence-electron chi connectivity index (χ2n) is 6.45. The van der Waals surface area contributed by atoms with Gasteiger partial charge in [0, 0.05) is 15.5 Å². The molecular formula is C22H19N5O2S. The molecule has 30 heavy (non-hydrogen) atoms. The molecule has 0 fully saturated rings. The number of hydrogen-bond donors (Lipinski definition) is 1. The summed E-state index contributed by atoms with van der Waals surface area (Å²) in [7, 11) is 1.65. The molecule has 0 spiro atoms. The predicted molar refractivity (Wildman–Crippen MR) is 115 cm³/mol. The molecule has 1 aromatic heterocycles. The number of nitrogens with one attached hydrogen (secondary N) is 1. The van der Waals surface area contributed by atoms with Gasteiger partial charge in [-0.3, -0.25) is 4.79 Å². The fourth-order valence-corrected chi connectivity index (χ4v) is 3.64. The van der Waals surface area contributed by atoms with E-state index in [1.807, 2.05) is 72.8 Å². The van der Waals surface area contributed by atoms with E-state index in [9.17, 15) is 4.79 Å². The van der Waals surface area contributed by atoms with Gasteiger partial charge in [-0.2, -0.15) is 0 Å². The van der Waals surface area contributed by atoms with Gasteiger partial charge >= 0.3 is 0 Å². The monoisotopic (exact) mass is 417 g/mol. The van der Waals surface area contributed by atoms with E-state index in [-0.39, 0.29) is 12.3 Å². The smallest absolute Gasteiger partial charge is 0.228 e. The van der Waals surface area contributed by atoms with Crippen LogP contribution >= 0.6 is 11.8 Å². The van der Waals surface area contributed by atoms with Crippen LogP contribution in [0.5, 0.6) is 5.75 Å². The molecule has 1 N–H and O–H groups in total. The summed E-state index contributed by atoms with van der Waals surface area (Å²) < 4.78 is 6.74. The first-order valence-corrected chi connectivity index (χ1v) is 10.1. The van der Waals surface area contributed by atoms with Crippen LogP contribution in [0.1, 0.15) is 5.56 Å². The van der Waals surface area contributed by atoms with Gasteiger partial charge < -0.3 is 10.1 Å². The SMILES string of the molecule is COc1ccc(Sc2ccc(NC(=O)Cc3ccc(-n4cnnn4)cc3)cc2)cc1. The second kappa shape index (κ2) is 9.23. The van der Waals surface area contributed by atoms with E-state index in [0.29, 0.717) is 0 Å². The molecule has 0 aliphatic carbocycles. The Labute approximate surface area is 178 Å². The first-order valence-electron chi connectivity index (χ1n) is 9.24. The van der Waals surface area contributed by atoms with Gasteiger partial charge in [-0.25, -0.2) is 4.68 Å². The van der Waals surface area contributed by atoms with Crippen molar-refractivity contribution in [2.45, 2.75) is 16.2 Å². The highest BCUT2D eigenvalue weighted by Crippen LogP contribution is 2.29. The molecule has 1 heterocycles. The molecule has 8 heteroatoms. The molecule has 0 atom stereocenters. The van der Waals surface area contributed by atoms with Gasteiger partial charge in [-0.1, -0.05) is 23.9 Å². The minimum atomic E-state index is -0.0688. The second-order valence-corrected chi connectivity index (χ2v) is 7.59. The zero-order chi connectivity index (χ0) is 20.8. The van der Waals surface area contributed by atoms with Crippen molar-refractivity contribution in [1.29, 1.82) is 0 Å². The standard InChI is InChI=1S/C22H19N5O2S/c1-29-19-8-12-21(13-9-19)30-20-10-4-17(5-11-20)24-22(28)14-16-2-6-18(7-3-16)27-15-23-25-26-27/h2-13,15H,14H2,1H3,(H,24,28). The normalized spacial score (nSPS) is 10.6. The molecule has 0 unspecified atom stereocenters. The summed E-state index contributed by atoms with van der Waals surface area (Å²) in [6.45, 7) is 0. The predicted octanol–water partition coefficient (Wildman–Crippen LogP) is 4.00. The summed E-state index contributed by atoms with van der Waals surface area (Å²) in [6, 6.07) is 23.3. The minimum Gasteiger partial charge on any atom is -0.497 e. The third-order valence-corrected chi connectivity index (χ3v) is 5.36. The van der Waals surface area contributed by atoms with Crippen molar-refractivity contribution < 1.29 is 9.53 Å². The molecule has 0 aliphatic rings. The van der Waals surface area contributed by atoms with Crippen LogP contribution in [0.25, 0.3) is 5.69 Å². The number of hydrogen-bond acceptors (Lipinski definition) is 6. The van der Waals surface area contributed by atoms with Gasteiger partial charge in [0.25, 0.3) is 0 Å². The molecule has 0 aliphatic heterocycles. The van der Waals surface area contributed by atoms with Crippen molar-refractivity contribution in [3.05, 3.63) is 84.7 Å². The third-order valence-electron chi connectivity index (χ3n) is 4.35. The Morgan fingerprint density at radius 2 is 1.63 bits per heavy atom. The Hall–Kier alpha value is -3.65. The zero-order valence-electron chi connectivity index (χ0n) is 16.2. The zero-order valence-corrected chi connectivity index (χ0v) is 17.0. The van der Waals surface area contributed by atoms with Crippen LogP contribution in [0, 0.1) is 0 Å². The Morgan fingerprint density at radius 1 is 0.967 bits per heavy atom. The number of methoxy groups -OCH3 is 1. The van der Waals surface area contributed by atoms with Crippen molar-refractivity contribution in [3.8, 4) is 11.4 Å². The van der Waals surface area contributed by atoms with Crippen LogP contribution in [-0.4, -0.2) is 33.2 Å². The minimum absolute atomic E-state index is 0.0688. The summed E-state index contributed by atoms with van der Waals surface area (Å²) in [4.78, 5) is 14.6. The number of carbonyl (C=O) groups excluding carboxylic acids is 1. The number of anilines is 1. The first-order chi connectivity index (χ1) is 14.7. The number of rotatable bonds is 7. The fraction of sp³-hybridized carbons (Fsp3) is 0.0909. The third kappa shape index (κ3) is 5.03. The quantitative estimate of drug-likeness (QED) is 0.489. The number of ether oxygens (including phenoxy) is 1. The van der Waals surface area contributed by atoms with Gasteiger partial charge in [0.2, 0.25) is 5.91 Å². The number of benzene rings is 3. The lowest BCUT2D eigenvalue weighted by atomic mass is 10.1. The average molecular weight is 417 g/mol. The highest BCUT2D eigenvalue weighted by Gasteiger charge is 2.06. The lowest BCUT2D eigenvalue weighted by molar-refractivity contribution is -0.115. The molecule has 4 rings (SSSR count). The Morgan fingerprint density at radius 3 is 2.23 bits per heavy atom. The summed E-state index contributed by atoms with van der Waals surface area (Å²) in [5.41, 5.74) is 2.52. The topological polar surface area (TPSA) is 81.9 Å². The highest BCUT2D eigenvalue weighted by atomic mass is 32.2. The Kier molecular flexibility index (Phi) is 6.05. The fourth-order valence-electron chi connectivity index (χ4n) is 2.82. The number of amides is 1. The van der Waals surface area contributed by atoms with Crippen LogP contribution in [0.4, 0.5) is 5.69 Å². The van der Waals surface area contributed by atoms with Gasteiger partial charge in [0.15, 0.2) is 0 Å². The maximum absolute atomic E-state index is 12.4. The van der Waals surface area contributed by atoms with Crippen LogP contribution in [-0.2, 0) is 11.2 Å². The van der Waals surface area contributed by atoms with E-state index >= 15 is 0 Å². The molecule has 7 nitrogen and oxygen atoms in total. The van der Waals surface area contributed by atoms with Crippen molar-refractivity contribution in [2.75, 3.05) is 12.4 Å². The Bertz CT molecular complexity index is 1100. The maximum atomic E-state index is 12.4. The average Bonchev–Trinajstić information content (AvgIpc) is 3.31. The molecular weight excluding hydrogens is 398 g/mol. The summed E-state index contributed by atoms with van der Waals surface area (Å²) in [6.07, 6.45) is 1.82. The highest BCUT2D eigenvalue weighted by molar-refractivity contribution is 7.99. The molecule has 1 amide bonds. The number of carbonyl (C=O) groups is 1. The summed E-state index contributed by atoms with van der Waals surface area (Å²) in [5.74, 6) is 0.767. The Balaban J connectivity index is 1.32. The van der Waals surface area contributed by atoms with Gasteiger partial charge in [0.05, 0.1) is 19.2 Å². The van der Waals surface area contributed by atoms with Crippen molar-refractivity contribution in [2.24, 2.45) is 0 Å². The number of tetrazole rings is 1. The van der Waals surface area contributed by atoms with Gasteiger partial charge in [-0.15, -0.1) is 5.10 Å². The van der Waals surface area contributed by atoms with Gasteiger partial charge in [-0.05, 0) is 76.7 Å². The van der Waals surface area contributed by atoms with Crippen molar-refractivity contribution >= 4 is 23.4 Å². The van der Waals surface area contributed by atoms with Crippen molar-refractivity contribution in [1.82, 2.24) is 20.2 Å². The van der Waals surface area contributed by atoms with E-state index in [1.54, 1.807) is 23.6 Å². The van der Waals surface area contributed by atoms with Crippen molar-refractivity contribution in [3.63, 3.8) is 0 Å². The van der Waals surface area contributed by atoms with E-state index in [2.05, 4.69) is 20.8 Å². The lowest BCUT2D eigenvalue weighted by Crippen LogP contribution is -2.14. The molecule has 0 saturated heterocycles. The van der Waals surface area contributed by atoms with E-state index in [1.165, 1.54) is 6.33 Å². The summed E-state index contributed by atoms with van der Waals surface area (Å²) >= 11 is 1.65. The van der Waals surface area contributed by atoms with Crippen LogP contribution in [0.15, 0.2) is 88.9 Å². The lowest BCUT2D eigenvalue weighted by Gasteiger charge is -2.08. The van der Waals surface area contributed by atoms with Gasteiger partial charge in [0.1, 0.15) is 12.1 Å². The van der Waals surface area contributed by atoms with E-state index in [0.717, 1.165) is 32.5 Å². The molecule has 3 aromatic carbocycles. The maximum Gasteiger partial charge on any atom is 0.228 e.